The summed E-state index contributed by atoms with van der Waals surface area (Å²) in [5.41, 5.74) is 3.52. The molecule has 7 nitrogen and oxygen atoms in total. The van der Waals surface area contributed by atoms with E-state index in [-0.39, 0.29) is 30.1 Å². The number of thiazole rings is 1. The zero-order valence-corrected chi connectivity index (χ0v) is 18.5. The van der Waals surface area contributed by atoms with E-state index in [0.29, 0.717) is 23.9 Å². The van der Waals surface area contributed by atoms with Gasteiger partial charge in [-0.25, -0.2) is 4.98 Å². The van der Waals surface area contributed by atoms with Crippen molar-refractivity contribution in [3.63, 3.8) is 0 Å². The minimum absolute atomic E-state index is 0.0140. The summed E-state index contributed by atoms with van der Waals surface area (Å²) >= 11 is 1.34. The van der Waals surface area contributed by atoms with E-state index in [0.717, 1.165) is 17.7 Å². The highest BCUT2D eigenvalue weighted by atomic mass is 32.1. The molecule has 2 aromatic carbocycles. The van der Waals surface area contributed by atoms with Crippen LogP contribution in [0, 0.1) is 5.92 Å². The Balaban J connectivity index is 1.32. The fourth-order valence-corrected chi connectivity index (χ4v) is 4.39. The molecule has 0 radical (unpaired) electrons. The van der Waals surface area contributed by atoms with Crippen molar-refractivity contribution in [3.8, 4) is 11.3 Å². The summed E-state index contributed by atoms with van der Waals surface area (Å²) < 4.78 is 0. The number of rotatable bonds is 7. The molecular formula is C24H24N4O3S. The van der Waals surface area contributed by atoms with Crippen LogP contribution < -0.4 is 10.6 Å². The molecule has 1 fully saturated rings. The monoisotopic (exact) mass is 448 g/mol. The molecule has 1 unspecified atom stereocenters. The molecule has 4 rings (SSSR count). The summed E-state index contributed by atoms with van der Waals surface area (Å²) in [5.74, 6) is -0.661. The first-order chi connectivity index (χ1) is 15.5. The highest BCUT2D eigenvalue weighted by Crippen LogP contribution is 2.27. The lowest BCUT2D eigenvalue weighted by Crippen LogP contribution is -2.30. The highest BCUT2D eigenvalue weighted by molar-refractivity contribution is 7.14. The molecule has 1 aromatic heterocycles. The third-order valence-electron chi connectivity index (χ3n) is 5.33. The minimum atomic E-state index is -0.373. The maximum Gasteiger partial charge on any atom is 0.231 e. The molecular weight excluding hydrogens is 424 g/mol. The van der Waals surface area contributed by atoms with Crippen molar-refractivity contribution in [2.75, 3.05) is 23.7 Å². The van der Waals surface area contributed by atoms with E-state index >= 15 is 0 Å². The molecule has 3 amide bonds. The van der Waals surface area contributed by atoms with Gasteiger partial charge in [-0.1, -0.05) is 42.5 Å². The second-order valence-electron chi connectivity index (χ2n) is 7.76. The molecule has 32 heavy (non-hydrogen) atoms. The van der Waals surface area contributed by atoms with Crippen molar-refractivity contribution >= 4 is 39.9 Å². The van der Waals surface area contributed by atoms with E-state index in [4.69, 9.17) is 0 Å². The number of hydrogen-bond acceptors (Lipinski definition) is 5. The molecule has 2 heterocycles. The normalized spacial score (nSPS) is 15.6. The number of aromatic nitrogens is 1. The van der Waals surface area contributed by atoms with Crippen LogP contribution in [-0.4, -0.2) is 40.7 Å². The van der Waals surface area contributed by atoms with Gasteiger partial charge in [0.1, 0.15) is 0 Å². The molecule has 164 valence electrons. The second-order valence-corrected chi connectivity index (χ2v) is 8.62. The number of hydrogen-bond donors (Lipinski definition) is 2. The number of carbonyl (C=O) groups is 3. The quantitative estimate of drug-likeness (QED) is 0.575. The largest absolute Gasteiger partial charge is 0.342 e. The standard InChI is InChI=1S/C24H24N4O3S/c1-16(29)25-20-9-7-18(8-10-20)21-15-32-24(26-21)27-23(31)19-13-22(30)28(14-19)12-11-17-5-3-2-4-6-17/h2-10,15,19H,11-14H2,1H3,(H,25,29)(H,26,27,31). The van der Waals surface area contributed by atoms with Crippen LogP contribution in [0.3, 0.4) is 0 Å². The molecule has 0 spiro atoms. The van der Waals surface area contributed by atoms with Gasteiger partial charge in [-0.2, -0.15) is 0 Å². The van der Waals surface area contributed by atoms with Crippen LogP contribution >= 0.6 is 11.3 Å². The lowest BCUT2D eigenvalue weighted by molar-refractivity contribution is -0.128. The van der Waals surface area contributed by atoms with Crippen molar-refractivity contribution in [2.24, 2.45) is 5.92 Å². The van der Waals surface area contributed by atoms with Gasteiger partial charge in [0.05, 0.1) is 11.6 Å². The lowest BCUT2D eigenvalue weighted by atomic mass is 10.1. The Kier molecular flexibility index (Phi) is 6.61. The Morgan fingerprint density at radius 2 is 1.84 bits per heavy atom. The van der Waals surface area contributed by atoms with Gasteiger partial charge < -0.3 is 15.5 Å². The molecule has 1 saturated heterocycles. The molecule has 2 N–H and O–H groups in total. The highest BCUT2D eigenvalue weighted by Gasteiger charge is 2.34. The number of nitrogens with zero attached hydrogens (tertiary/aromatic N) is 2. The van der Waals surface area contributed by atoms with Gasteiger partial charge >= 0.3 is 0 Å². The third-order valence-corrected chi connectivity index (χ3v) is 6.09. The van der Waals surface area contributed by atoms with Crippen LogP contribution in [0.4, 0.5) is 10.8 Å². The zero-order valence-electron chi connectivity index (χ0n) is 17.7. The van der Waals surface area contributed by atoms with Crippen LogP contribution in [0.25, 0.3) is 11.3 Å². The predicted octanol–water partition coefficient (Wildman–Crippen LogP) is 3.80. The van der Waals surface area contributed by atoms with Gasteiger partial charge in [0.25, 0.3) is 0 Å². The minimum Gasteiger partial charge on any atom is -0.342 e. The molecule has 1 atom stereocenters. The van der Waals surface area contributed by atoms with Gasteiger partial charge in [-0.15, -0.1) is 11.3 Å². The lowest BCUT2D eigenvalue weighted by Gasteiger charge is -2.16. The van der Waals surface area contributed by atoms with Crippen molar-refractivity contribution in [1.82, 2.24) is 9.88 Å². The molecule has 1 aliphatic rings. The average molecular weight is 449 g/mol. The van der Waals surface area contributed by atoms with E-state index in [9.17, 15) is 14.4 Å². The fraction of sp³-hybridized carbons (Fsp3) is 0.250. The Morgan fingerprint density at radius 1 is 1.09 bits per heavy atom. The van der Waals surface area contributed by atoms with Gasteiger partial charge in [-0.05, 0) is 24.1 Å². The zero-order chi connectivity index (χ0) is 22.5. The number of benzene rings is 2. The predicted molar refractivity (Wildman–Crippen MR) is 125 cm³/mol. The van der Waals surface area contributed by atoms with Crippen LogP contribution in [-0.2, 0) is 20.8 Å². The van der Waals surface area contributed by atoms with E-state index < -0.39 is 0 Å². The fourth-order valence-electron chi connectivity index (χ4n) is 3.67. The molecule has 1 aliphatic heterocycles. The van der Waals surface area contributed by atoms with E-state index in [1.807, 2.05) is 60.0 Å². The Labute approximate surface area is 190 Å². The molecule has 3 aromatic rings. The van der Waals surface area contributed by atoms with Crippen LogP contribution in [0.5, 0.6) is 0 Å². The smallest absolute Gasteiger partial charge is 0.231 e. The Hall–Kier alpha value is -3.52. The van der Waals surface area contributed by atoms with E-state index in [2.05, 4.69) is 15.6 Å². The topological polar surface area (TPSA) is 91.4 Å². The maximum absolute atomic E-state index is 12.7. The number of likely N-dealkylation sites (tertiary alicyclic amines) is 1. The average Bonchev–Trinajstić information content (AvgIpc) is 3.40. The summed E-state index contributed by atoms with van der Waals surface area (Å²) in [7, 11) is 0. The number of nitrogens with one attached hydrogen (secondary N) is 2. The molecule has 0 aliphatic carbocycles. The van der Waals surface area contributed by atoms with Gasteiger partial charge in [-0.3, -0.25) is 14.4 Å². The summed E-state index contributed by atoms with van der Waals surface area (Å²) in [4.78, 5) is 42.5. The second kappa shape index (κ2) is 9.74. The summed E-state index contributed by atoms with van der Waals surface area (Å²) in [6.07, 6.45) is 1.00. The van der Waals surface area contributed by atoms with Gasteiger partial charge in [0.15, 0.2) is 5.13 Å². The number of anilines is 2. The Morgan fingerprint density at radius 3 is 2.56 bits per heavy atom. The van der Waals surface area contributed by atoms with E-state index in [1.165, 1.54) is 23.8 Å². The third kappa shape index (κ3) is 5.39. The van der Waals surface area contributed by atoms with Gasteiger partial charge in [0.2, 0.25) is 17.7 Å². The van der Waals surface area contributed by atoms with Crippen LogP contribution in [0.1, 0.15) is 18.9 Å². The van der Waals surface area contributed by atoms with Crippen molar-refractivity contribution in [3.05, 3.63) is 65.5 Å². The van der Waals surface area contributed by atoms with Crippen molar-refractivity contribution in [1.29, 1.82) is 0 Å². The van der Waals surface area contributed by atoms with Crippen LogP contribution in [0.2, 0.25) is 0 Å². The molecule has 0 saturated carbocycles. The molecule has 0 bridgehead atoms. The van der Waals surface area contributed by atoms with E-state index in [1.54, 1.807) is 4.90 Å². The summed E-state index contributed by atoms with van der Waals surface area (Å²) in [5, 5.41) is 7.96. The molecule has 8 heteroatoms. The first-order valence-electron chi connectivity index (χ1n) is 10.4. The SMILES string of the molecule is CC(=O)Nc1ccc(-c2csc(NC(=O)C3CC(=O)N(CCc4ccccc4)C3)n2)cc1. The van der Waals surface area contributed by atoms with Crippen LogP contribution in [0.15, 0.2) is 60.0 Å². The Bertz CT molecular complexity index is 1110. The van der Waals surface area contributed by atoms with Gasteiger partial charge in [0, 0.05) is 43.1 Å². The maximum atomic E-state index is 12.7. The first-order valence-corrected chi connectivity index (χ1v) is 11.3. The van der Waals surface area contributed by atoms with Crippen molar-refractivity contribution in [2.45, 2.75) is 19.8 Å². The number of carbonyl (C=O) groups excluding carboxylic acids is 3. The van der Waals surface area contributed by atoms with Crippen molar-refractivity contribution < 1.29 is 14.4 Å². The first kappa shape index (κ1) is 21.7. The summed E-state index contributed by atoms with van der Waals surface area (Å²) in [6.45, 7) is 2.51. The number of amides is 3. The summed E-state index contributed by atoms with van der Waals surface area (Å²) in [6, 6.07) is 17.4.